The van der Waals surface area contributed by atoms with Crippen molar-refractivity contribution in [2.45, 2.75) is 20.8 Å². The zero-order valence-electron chi connectivity index (χ0n) is 17.7. The Labute approximate surface area is 168 Å². The molecule has 1 aliphatic heterocycles. The molecule has 1 fully saturated rings. The minimum atomic E-state index is 0.0653. The van der Waals surface area contributed by atoms with Crippen molar-refractivity contribution in [3.63, 3.8) is 0 Å². The predicted molar refractivity (Wildman–Crippen MR) is 111 cm³/mol. The Kier molecular flexibility index (Phi) is 8.73. The summed E-state index contributed by atoms with van der Waals surface area (Å²) in [7, 11) is 1.82. The van der Waals surface area contributed by atoms with Crippen LogP contribution in [-0.2, 0) is 9.59 Å². The van der Waals surface area contributed by atoms with Gasteiger partial charge in [0.1, 0.15) is 12.4 Å². The number of ether oxygens (including phenoxy) is 1. The normalized spacial score (nSPS) is 15.3. The highest BCUT2D eigenvalue weighted by Gasteiger charge is 2.21. The molecule has 156 valence electrons. The summed E-state index contributed by atoms with van der Waals surface area (Å²) in [6, 6.07) is 6.13. The van der Waals surface area contributed by atoms with E-state index in [9.17, 15) is 9.59 Å². The zero-order valence-corrected chi connectivity index (χ0v) is 17.7. The van der Waals surface area contributed by atoms with Crippen LogP contribution in [0.25, 0.3) is 0 Å². The summed E-state index contributed by atoms with van der Waals surface area (Å²) in [5, 5.41) is 2.82. The lowest BCUT2D eigenvalue weighted by Gasteiger charge is -2.34. The first-order chi connectivity index (χ1) is 13.4. The van der Waals surface area contributed by atoms with Crippen molar-refractivity contribution >= 4 is 11.8 Å². The second-order valence-electron chi connectivity index (χ2n) is 7.49. The molecule has 1 saturated heterocycles. The number of nitrogens with one attached hydrogen (secondary N) is 1. The Hall–Kier alpha value is -2.12. The summed E-state index contributed by atoms with van der Waals surface area (Å²) in [5.41, 5.74) is 2.34. The zero-order chi connectivity index (χ0) is 20.5. The molecule has 28 heavy (non-hydrogen) atoms. The van der Waals surface area contributed by atoms with E-state index < -0.39 is 0 Å². The molecule has 1 aromatic rings. The number of hydrogen-bond donors (Lipinski definition) is 1. The summed E-state index contributed by atoms with van der Waals surface area (Å²) in [6.45, 7) is 11.8. The molecule has 0 atom stereocenters. The molecule has 1 N–H and O–H groups in total. The van der Waals surface area contributed by atoms with Crippen LogP contribution in [0.3, 0.4) is 0 Å². The van der Waals surface area contributed by atoms with E-state index in [4.69, 9.17) is 4.74 Å². The number of piperazine rings is 1. The summed E-state index contributed by atoms with van der Waals surface area (Å²) < 4.78 is 5.80. The number of rotatable bonds is 9. The van der Waals surface area contributed by atoms with Gasteiger partial charge in [0, 0.05) is 39.8 Å². The maximum atomic E-state index is 12.5. The highest BCUT2D eigenvalue weighted by molar-refractivity contribution is 5.78. The number of benzene rings is 1. The van der Waals surface area contributed by atoms with E-state index in [1.165, 1.54) is 11.1 Å². The monoisotopic (exact) mass is 390 g/mol. The summed E-state index contributed by atoms with van der Waals surface area (Å²) >= 11 is 0. The van der Waals surface area contributed by atoms with Crippen LogP contribution in [0.4, 0.5) is 0 Å². The van der Waals surface area contributed by atoms with Crippen molar-refractivity contribution in [3.05, 3.63) is 29.3 Å². The average Bonchev–Trinajstić information content (AvgIpc) is 2.62. The fourth-order valence-corrected chi connectivity index (χ4v) is 3.32. The van der Waals surface area contributed by atoms with Gasteiger partial charge >= 0.3 is 0 Å². The lowest BCUT2D eigenvalue weighted by Crippen LogP contribution is -2.51. The summed E-state index contributed by atoms with van der Waals surface area (Å²) in [5.74, 6) is 1.01. The standard InChI is InChI=1S/C21H34N4O3/c1-5-22-20(26)15-24-6-8-25(9-7-24)16-21(27)23(4)10-11-28-19-13-17(2)12-18(3)14-19/h12-14H,5-11,15-16H2,1-4H3,(H,22,26). The van der Waals surface area contributed by atoms with Crippen molar-refractivity contribution < 1.29 is 14.3 Å². The molecule has 1 aromatic carbocycles. The molecule has 7 nitrogen and oxygen atoms in total. The molecule has 2 rings (SSSR count). The van der Waals surface area contributed by atoms with Gasteiger partial charge in [-0.3, -0.25) is 19.4 Å². The maximum absolute atomic E-state index is 12.5. The number of likely N-dealkylation sites (N-methyl/N-ethyl adjacent to an activating group) is 2. The predicted octanol–water partition coefficient (Wildman–Crippen LogP) is 0.894. The Balaban J connectivity index is 1.66. The molecule has 0 aromatic heterocycles. The first kappa shape index (κ1) is 22.2. The van der Waals surface area contributed by atoms with E-state index in [1.54, 1.807) is 4.90 Å². The van der Waals surface area contributed by atoms with Gasteiger partial charge in [0.15, 0.2) is 0 Å². The molecular formula is C21H34N4O3. The fourth-order valence-electron chi connectivity index (χ4n) is 3.32. The van der Waals surface area contributed by atoms with Gasteiger partial charge < -0.3 is 15.0 Å². The number of hydrogen-bond acceptors (Lipinski definition) is 5. The number of amides is 2. The third-order valence-electron chi connectivity index (χ3n) is 4.88. The van der Waals surface area contributed by atoms with E-state index in [0.717, 1.165) is 31.9 Å². The van der Waals surface area contributed by atoms with Gasteiger partial charge in [-0.25, -0.2) is 0 Å². The van der Waals surface area contributed by atoms with Crippen LogP contribution < -0.4 is 10.1 Å². The van der Waals surface area contributed by atoms with Gasteiger partial charge in [-0.15, -0.1) is 0 Å². The third-order valence-corrected chi connectivity index (χ3v) is 4.88. The molecular weight excluding hydrogens is 356 g/mol. The second-order valence-corrected chi connectivity index (χ2v) is 7.49. The first-order valence-electron chi connectivity index (χ1n) is 10.0. The van der Waals surface area contributed by atoms with Crippen molar-refractivity contribution in [1.29, 1.82) is 0 Å². The van der Waals surface area contributed by atoms with Crippen molar-refractivity contribution in [3.8, 4) is 5.75 Å². The molecule has 0 radical (unpaired) electrons. The van der Waals surface area contributed by atoms with Crippen molar-refractivity contribution in [2.75, 3.05) is 66.0 Å². The number of aryl methyl sites for hydroxylation is 2. The molecule has 0 saturated carbocycles. The smallest absolute Gasteiger partial charge is 0.236 e. The van der Waals surface area contributed by atoms with Gasteiger partial charge in [-0.05, 0) is 44.0 Å². The SMILES string of the molecule is CCNC(=O)CN1CCN(CC(=O)N(C)CCOc2cc(C)cc(C)c2)CC1. The number of carbonyl (C=O) groups excluding carboxylic acids is 2. The van der Waals surface area contributed by atoms with E-state index in [-0.39, 0.29) is 11.8 Å². The second kappa shape index (κ2) is 11.0. The minimum Gasteiger partial charge on any atom is -0.492 e. The van der Waals surface area contributed by atoms with Crippen LogP contribution in [0.2, 0.25) is 0 Å². The van der Waals surface area contributed by atoms with Crippen LogP contribution in [0.5, 0.6) is 5.75 Å². The summed E-state index contributed by atoms with van der Waals surface area (Å²) in [4.78, 5) is 30.1. The number of nitrogens with zero attached hydrogens (tertiary/aromatic N) is 3. The van der Waals surface area contributed by atoms with E-state index in [2.05, 4.69) is 21.2 Å². The molecule has 0 spiro atoms. The van der Waals surface area contributed by atoms with E-state index in [0.29, 0.717) is 32.8 Å². The molecule has 0 unspecified atom stereocenters. The molecule has 7 heteroatoms. The fraction of sp³-hybridized carbons (Fsp3) is 0.619. The highest BCUT2D eigenvalue weighted by Crippen LogP contribution is 2.16. The van der Waals surface area contributed by atoms with Crippen molar-refractivity contribution in [1.82, 2.24) is 20.0 Å². The highest BCUT2D eigenvalue weighted by atomic mass is 16.5. The van der Waals surface area contributed by atoms with Crippen LogP contribution in [0.1, 0.15) is 18.1 Å². The Morgan fingerprint density at radius 1 is 1.04 bits per heavy atom. The van der Waals surface area contributed by atoms with Gasteiger partial charge in [0.05, 0.1) is 19.6 Å². The van der Waals surface area contributed by atoms with Crippen molar-refractivity contribution in [2.24, 2.45) is 0 Å². The van der Waals surface area contributed by atoms with Gasteiger partial charge in [-0.2, -0.15) is 0 Å². The van der Waals surface area contributed by atoms with Gasteiger partial charge in [0.25, 0.3) is 0 Å². The largest absolute Gasteiger partial charge is 0.492 e. The first-order valence-corrected chi connectivity index (χ1v) is 10.0. The maximum Gasteiger partial charge on any atom is 0.236 e. The number of carbonyl (C=O) groups is 2. The Morgan fingerprint density at radius 2 is 1.61 bits per heavy atom. The average molecular weight is 391 g/mol. The van der Waals surface area contributed by atoms with Crippen LogP contribution >= 0.6 is 0 Å². The molecule has 2 amide bonds. The molecule has 0 aliphatic carbocycles. The Bertz CT molecular complexity index is 637. The topological polar surface area (TPSA) is 65.1 Å². The van der Waals surface area contributed by atoms with Crippen LogP contribution in [0, 0.1) is 13.8 Å². The Morgan fingerprint density at radius 3 is 2.18 bits per heavy atom. The van der Waals surface area contributed by atoms with E-state index >= 15 is 0 Å². The van der Waals surface area contributed by atoms with Crippen LogP contribution in [-0.4, -0.2) is 92.5 Å². The molecule has 0 bridgehead atoms. The lowest BCUT2D eigenvalue weighted by atomic mass is 10.1. The van der Waals surface area contributed by atoms with Gasteiger partial charge in [-0.1, -0.05) is 6.07 Å². The lowest BCUT2D eigenvalue weighted by molar-refractivity contribution is -0.132. The quantitative estimate of drug-likeness (QED) is 0.679. The van der Waals surface area contributed by atoms with Crippen LogP contribution in [0.15, 0.2) is 18.2 Å². The van der Waals surface area contributed by atoms with E-state index in [1.807, 2.05) is 40.0 Å². The minimum absolute atomic E-state index is 0.0653. The summed E-state index contributed by atoms with van der Waals surface area (Å²) in [6.07, 6.45) is 0. The molecule has 1 heterocycles. The third kappa shape index (κ3) is 7.48. The van der Waals surface area contributed by atoms with Gasteiger partial charge in [0.2, 0.25) is 11.8 Å². The molecule has 1 aliphatic rings.